The van der Waals surface area contributed by atoms with Crippen LogP contribution in [0.5, 0.6) is 0 Å². The van der Waals surface area contributed by atoms with E-state index in [1.54, 1.807) is 6.21 Å². The van der Waals surface area contributed by atoms with Crippen molar-refractivity contribution >= 4 is 28.1 Å². The minimum absolute atomic E-state index is 0.0607. The minimum atomic E-state index is -0.253. The predicted octanol–water partition coefficient (Wildman–Crippen LogP) is 4.13. The second-order valence-corrected chi connectivity index (χ2v) is 5.97. The lowest BCUT2D eigenvalue weighted by Gasteiger charge is -1.98. The van der Waals surface area contributed by atoms with E-state index in [2.05, 4.69) is 21.1 Å². The first-order valence-corrected chi connectivity index (χ1v) is 7.58. The zero-order valence-corrected chi connectivity index (χ0v) is 12.9. The van der Waals surface area contributed by atoms with Crippen LogP contribution in [0.2, 0.25) is 0 Å². The van der Waals surface area contributed by atoms with Gasteiger partial charge in [-0.25, -0.2) is 4.79 Å². The second-order valence-electron chi connectivity index (χ2n) is 5.06. The summed E-state index contributed by atoms with van der Waals surface area (Å²) in [6, 6.07) is 17.7. The van der Waals surface area contributed by atoms with Crippen molar-refractivity contribution in [2.45, 2.75) is 12.3 Å². The number of halogens is 1. The Morgan fingerprint density at radius 1 is 1.14 bits per heavy atom. The molecule has 2 atom stereocenters. The molecular weight excluding hydrogens is 330 g/mol. The van der Waals surface area contributed by atoms with Gasteiger partial charge in [0.1, 0.15) is 0 Å². The first-order chi connectivity index (χ1) is 10.2. The molecule has 0 heterocycles. The lowest BCUT2D eigenvalue weighted by molar-refractivity contribution is -0.145. The number of carbonyl (C=O) groups is 1. The van der Waals surface area contributed by atoms with E-state index in [9.17, 15) is 4.79 Å². The fourth-order valence-corrected chi connectivity index (χ4v) is 2.54. The van der Waals surface area contributed by atoms with Gasteiger partial charge in [0.15, 0.2) is 0 Å². The van der Waals surface area contributed by atoms with Crippen LogP contribution in [0.4, 0.5) is 0 Å². The Hall–Kier alpha value is -1.94. The number of hydrogen-bond donors (Lipinski definition) is 0. The van der Waals surface area contributed by atoms with E-state index in [0.717, 1.165) is 16.5 Å². The minimum Gasteiger partial charge on any atom is -0.318 e. The first kappa shape index (κ1) is 14.0. The van der Waals surface area contributed by atoms with Crippen molar-refractivity contribution in [1.82, 2.24) is 0 Å². The third-order valence-electron chi connectivity index (χ3n) is 3.54. The van der Waals surface area contributed by atoms with E-state index in [-0.39, 0.29) is 17.8 Å². The van der Waals surface area contributed by atoms with Crippen molar-refractivity contribution in [1.29, 1.82) is 0 Å². The number of carbonyl (C=O) groups excluding carboxylic acids is 1. The van der Waals surface area contributed by atoms with Crippen LogP contribution in [0, 0.1) is 5.92 Å². The molecule has 0 unspecified atom stereocenters. The Labute approximate surface area is 131 Å². The molecule has 0 radical (unpaired) electrons. The van der Waals surface area contributed by atoms with Crippen LogP contribution < -0.4 is 0 Å². The van der Waals surface area contributed by atoms with Crippen molar-refractivity contribution in [2.24, 2.45) is 11.1 Å². The number of hydrogen-bond acceptors (Lipinski definition) is 3. The highest BCUT2D eigenvalue weighted by molar-refractivity contribution is 9.10. The molecule has 1 saturated carbocycles. The highest BCUT2D eigenvalue weighted by atomic mass is 79.9. The van der Waals surface area contributed by atoms with Crippen LogP contribution in [0.15, 0.2) is 64.2 Å². The number of benzene rings is 2. The molecule has 0 amide bonds. The summed E-state index contributed by atoms with van der Waals surface area (Å²) in [6.45, 7) is 0. The van der Waals surface area contributed by atoms with Gasteiger partial charge in [0.25, 0.3) is 0 Å². The fourth-order valence-electron chi connectivity index (χ4n) is 2.28. The number of oxime groups is 1. The maximum atomic E-state index is 11.9. The van der Waals surface area contributed by atoms with Crippen LogP contribution in [-0.2, 0) is 9.63 Å². The molecule has 1 aliphatic carbocycles. The van der Waals surface area contributed by atoms with Crippen LogP contribution in [0.25, 0.3) is 0 Å². The van der Waals surface area contributed by atoms with E-state index >= 15 is 0 Å². The van der Waals surface area contributed by atoms with Gasteiger partial charge in [-0.15, -0.1) is 0 Å². The molecule has 2 aromatic carbocycles. The zero-order chi connectivity index (χ0) is 14.7. The van der Waals surface area contributed by atoms with E-state index in [1.165, 1.54) is 5.56 Å². The molecule has 0 N–H and O–H groups in total. The molecule has 0 aromatic heterocycles. The van der Waals surface area contributed by atoms with Gasteiger partial charge in [0.05, 0.1) is 12.1 Å². The average Bonchev–Trinajstić information content (AvgIpc) is 3.31. The van der Waals surface area contributed by atoms with Crippen LogP contribution in [0.3, 0.4) is 0 Å². The predicted molar refractivity (Wildman–Crippen MR) is 85.1 cm³/mol. The Balaban J connectivity index is 1.53. The van der Waals surface area contributed by atoms with E-state index in [4.69, 9.17) is 4.84 Å². The molecular formula is C17H14BrNO2. The van der Waals surface area contributed by atoms with Crippen LogP contribution in [0.1, 0.15) is 23.5 Å². The lowest BCUT2D eigenvalue weighted by atomic mass is 10.1. The fraction of sp³-hybridized carbons (Fsp3) is 0.176. The standard InChI is InChI=1S/C17H14BrNO2/c18-14-8-6-12(7-9-14)11-19-21-17(20)16-10-15(16)13-4-2-1-3-5-13/h1-9,11,15-16H,10H2/b19-11+/t15-,16+/m1/s1. The topological polar surface area (TPSA) is 38.7 Å². The lowest BCUT2D eigenvalue weighted by Crippen LogP contribution is -2.04. The normalized spacial score (nSPS) is 20.4. The SMILES string of the molecule is O=C(O/N=C/c1ccc(Br)cc1)[C@H]1C[C@@H]1c1ccccc1. The van der Waals surface area contributed by atoms with Crippen molar-refractivity contribution in [3.05, 3.63) is 70.2 Å². The summed E-state index contributed by atoms with van der Waals surface area (Å²) >= 11 is 3.36. The molecule has 0 aliphatic heterocycles. The molecule has 0 spiro atoms. The molecule has 3 nitrogen and oxygen atoms in total. The van der Waals surface area contributed by atoms with Gasteiger partial charge in [-0.2, -0.15) is 0 Å². The molecule has 0 bridgehead atoms. The van der Waals surface area contributed by atoms with E-state index in [1.807, 2.05) is 54.6 Å². The molecule has 106 valence electrons. The molecule has 4 heteroatoms. The smallest absolute Gasteiger partial charge is 0.318 e. The maximum absolute atomic E-state index is 11.9. The molecule has 1 fully saturated rings. The van der Waals surface area contributed by atoms with Crippen molar-refractivity contribution in [3.8, 4) is 0 Å². The Morgan fingerprint density at radius 3 is 2.57 bits per heavy atom. The Bertz CT molecular complexity index is 652. The quantitative estimate of drug-likeness (QED) is 0.475. The summed E-state index contributed by atoms with van der Waals surface area (Å²) in [7, 11) is 0. The van der Waals surface area contributed by atoms with Crippen LogP contribution in [-0.4, -0.2) is 12.2 Å². The van der Waals surface area contributed by atoms with Gasteiger partial charge < -0.3 is 4.84 Å². The number of rotatable bonds is 4. The largest absolute Gasteiger partial charge is 0.338 e. The molecule has 21 heavy (non-hydrogen) atoms. The molecule has 2 aromatic rings. The van der Waals surface area contributed by atoms with E-state index in [0.29, 0.717) is 0 Å². The van der Waals surface area contributed by atoms with Gasteiger partial charge >= 0.3 is 5.97 Å². The van der Waals surface area contributed by atoms with Gasteiger partial charge in [0, 0.05) is 4.47 Å². The van der Waals surface area contributed by atoms with Crippen molar-refractivity contribution in [3.63, 3.8) is 0 Å². The zero-order valence-electron chi connectivity index (χ0n) is 11.3. The highest BCUT2D eigenvalue weighted by Gasteiger charge is 2.45. The van der Waals surface area contributed by atoms with Crippen LogP contribution >= 0.6 is 15.9 Å². The second kappa shape index (κ2) is 6.22. The summed E-state index contributed by atoms with van der Waals surface area (Å²) in [4.78, 5) is 16.9. The third-order valence-corrected chi connectivity index (χ3v) is 4.06. The number of nitrogens with zero attached hydrogens (tertiary/aromatic N) is 1. The molecule has 0 saturated heterocycles. The summed E-state index contributed by atoms with van der Waals surface area (Å²) in [5.41, 5.74) is 2.08. The Kier molecular flexibility index (Phi) is 4.15. The average molecular weight is 344 g/mol. The summed E-state index contributed by atoms with van der Waals surface area (Å²) in [6.07, 6.45) is 2.39. The molecule has 1 aliphatic rings. The molecule has 3 rings (SSSR count). The summed E-state index contributed by atoms with van der Waals surface area (Å²) < 4.78 is 1.00. The summed E-state index contributed by atoms with van der Waals surface area (Å²) in [5, 5.41) is 3.77. The third kappa shape index (κ3) is 3.58. The van der Waals surface area contributed by atoms with Gasteiger partial charge in [0.2, 0.25) is 0 Å². The maximum Gasteiger partial charge on any atom is 0.338 e. The van der Waals surface area contributed by atoms with Crippen molar-refractivity contribution < 1.29 is 9.63 Å². The first-order valence-electron chi connectivity index (χ1n) is 6.79. The van der Waals surface area contributed by atoms with Gasteiger partial charge in [-0.05, 0) is 35.6 Å². The Morgan fingerprint density at radius 2 is 1.86 bits per heavy atom. The van der Waals surface area contributed by atoms with Gasteiger partial charge in [-0.3, -0.25) is 0 Å². The highest BCUT2D eigenvalue weighted by Crippen LogP contribution is 2.48. The van der Waals surface area contributed by atoms with Gasteiger partial charge in [-0.1, -0.05) is 63.6 Å². The summed E-state index contributed by atoms with van der Waals surface area (Å²) in [5.74, 6) is -0.0340. The monoisotopic (exact) mass is 343 g/mol. The van der Waals surface area contributed by atoms with Crippen molar-refractivity contribution in [2.75, 3.05) is 0 Å². The van der Waals surface area contributed by atoms with E-state index < -0.39 is 0 Å².